The van der Waals surface area contributed by atoms with Crippen LogP contribution in [-0.4, -0.2) is 17.9 Å². The van der Waals surface area contributed by atoms with Gasteiger partial charge in [0.1, 0.15) is 0 Å². The molecule has 0 aromatic heterocycles. The van der Waals surface area contributed by atoms with E-state index in [2.05, 4.69) is 0 Å². The van der Waals surface area contributed by atoms with Gasteiger partial charge in [0, 0.05) is 6.42 Å². The monoisotopic (exact) mass is 204 g/mol. The fourth-order valence-corrected chi connectivity index (χ4v) is 1.79. The predicted octanol–water partition coefficient (Wildman–Crippen LogP) is 1.67. The molecule has 0 radical (unpaired) electrons. The minimum Gasteiger partial charge on any atom is -0.454 e. The topological polar surface area (TPSA) is 43.4 Å². The number of Topliss-reactive ketones (excluding diaryl/α,β-unsaturated/α-hetero) is 1. The van der Waals surface area contributed by atoms with Gasteiger partial charge in [0.25, 0.3) is 0 Å². The standard InChI is InChI=1S/C12H12O3/c1-8(13)11-7-10(12(14)15-11)9-5-3-2-4-6-9/h2-6,10-11H,7H2,1H3. The van der Waals surface area contributed by atoms with Gasteiger partial charge in [0.15, 0.2) is 11.9 Å². The van der Waals surface area contributed by atoms with E-state index >= 15 is 0 Å². The van der Waals surface area contributed by atoms with Crippen molar-refractivity contribution in [2.45, 2.75) is 25.4 Å². The second kappa shape index (κ2) is 3.85. The molecule has 1 heterocycles. The molecule has 3 heteroatoms. The number of ether oxygens (including phenoxy) is 1. The van der Waals surface area contributed by atoms with Crippen molar-refractivity contribution in [1.82, 2.24) is 0 Å². The average Bonchev–Trinajstić information content (AvgIpc) is 2.62. The fraction of sp³-hybridized carbons (Fsp3) is 0.333. The normalized spacial score (nSPS) is 25.0. The van der Waals surface area contributed by atoms with Crippen molar-refractivity contribution in [2.24, 2.45) is 0 Å². The van der Waals surface area contributed by atoms with E-state index in [0.717, 1.165) is 5.56 Å². The van der Waals surface area contributed by atoms with E-state index in [4.69, 9.17) is 4.74 Å². The van der Waals surface area contributed by atoms with Gasteiger partial charge in [0.2, 0.25) is 0 Å². The van der Waals surface area contributed by atoms with Gasteiger partial charge in [-0.1, -0.05) is 30.3 Å². The highest BCUT2D eigenvalue weighted by Gasteiger charge is 2.37. The lowest BCUT2D eigenvalue weighted by Gasteiger charge is -2.04. The maximum Gasteiger partial charge on any atom is 0.314 e. The number of cyclic esters (lactones) is 1. The number of rotatable bonds is 2. The zero-order chi connectivity index (χ0) is 10.8. The Morgan fingerprint density at radius 2 is 2.00 bits per heavy atom. The number of ketones is 1. The van der Waals surface area contributed by atoms with E-state index in [1.165, 1.54) is 6.92 Å². The summed E-state index contributed by atoms with van der Waals surface area (Å²) in [6.07, 6.45) is -0.0826. The second-order valence-corrected chi connectivity index (χ2v) is 3.74. The number of hydrogen-bond donors (Lipinski definition) is 0. The van der Waals surface area contributed by atoms with Crippen molar-refractivity contribution < 1.29 is 14.3 Å². The summed E-state index contributed by atoms with van der Waals surface area (Å²) in [5.74, 6) is -0.650. The van der Waals surface area contributed by atoms with Crippen LogP contribution in [0.3, 0.4) is 0 Å². The Morgan fingerprint density at radius 3 is 2.53 bits per heavy atom. The smallest absolute Gasteiger partial charge is 0.314 e. The third kappa shape index (κ3) is 1.91. The SMILES string of the molecule is CC(=O)C1CC(c2ccccc2)C(=O)O1. The van der Waals surface area contributed by atoms with Gasteiger partial charge in [-0.25, -0.2) is 0 Å². The van der Waals surface area contributed by atoms with Crippen LogP contribution in [0.4, 0.5) is 0 Å². The molecule has 0 bridgehead atoms. The van der Waals surface area contributed by atoms with Crippen LogP contribution < -0.4 is 0 Å². The van der Waals surface area contributed by atoms with E-state index in [0.29, 0.717) is 6.42 Å². The Bertz CT molecular complexity index is 383. The average molecular weight is 204 g/mol. The third-order valence-corrected chi connectivity index (χ3v) is 2.65. The molecule has 2 unspecified atom stereocenters. The first-order valence-corrected chi connectivity index (χ1v) is 4.94. The van der Waals surface area contributed by atoms with E-state index in [9.17, 15) is 9.59 Å². The van der Waals surface area contributed by atoms with Crippen molar-refractivity contribution in [2.75, 3.05) is 0 Å². The lowest BCUT2D eigenvalue weighted by Crippen LogP contribution is -2.16. The molecule has 1 aliphatic heterocycles. The van der Waals surface area contributed by atoms with Crippen molar-refractivity contribution in [3.8, 4) is 0 Å². The Morgan fingerprint density at radius 1 is 1.33 bits per heavy atom. The minimum atomic E-state index is -0.553. The van der Waals surface area contributed by atoms with Gasteiger partial charge in [0.05, 0.1) is 5.92 Å². The molecular weight excluding hydrogens is 192 g/mol. The first-order valence-electron chi connectivity index (χ1n) is 4.94. The lowest BCUT2D eigenvalue weighted by molar-refractivity contribution is -0.147. The molecule has 78 valence electrons. The van der Waals surface area contributed by atoms with Gasteiger partial charge < -0.3 is 4.74 Å². The van der Waals surface area contributed by atoms with Gasteiger partial charge in [-0.2, -0.15) is 0 Å². The van der Waals surface area contributed by atoms with E-state index in [-0.39, 0.29) is 17.7 Å². The zero-order valence-electron chi connectivity index (χ0n) is 8.47. The Balaban J connectivity index is 2.19. The molecule has 0 saturated carbocycles. The highest BCUT2D eigenvalue weighted by atomic mass is 16.6. The summed E-state index contributed by atoms with van der Waals surface area (Å²) in [5.41, 5.74) is 0.922. The molecule has 0 aliphatic carbocycles. The van der Waals surface area contributed by atoms with Crippen molar-refractivity contribution in [3.05, 3.63) is 35.9 Å². The van der Waals surface area contributed by atoms with Crippen LogP contribution >= 0.6 is 0 Å². The minimum absolute atomic E-state index is 0.0817. The van der Waals surface area contributed by atoms with E-state index < -0.39 is 6.10 Å². The molecule has 2 atom stereocenters. The lowest BCUT2D eigenvalue weighted by atomic mass is 9.95. The van der Waals surface area contributed by atoms with E-state index in [1.807, 2.05) is 30.3 Å². The summed E-state index contributed by atoms with van der Waals surface area (Å²) < 4.78 is 5.00. The molecule has 1 aliphatic rings. The zero-order valence-corrected chi connectivity index (χ0v) is 8.47. The fourth-order valence-electron chi connectivity index (χ4n) is 1.79. The Hall–Kier alpha value is -1.64. The second-order valence-electron chi connectivity index (χ2n) is 3.74. The van der Waals surface area contributed by atoms with Crippen LogP contribution in [0.1, 0.15) is 24.8 Å². The van der Waals surface area contributed by atoms with Gasteiger partial charge >= 0.3 is 5.97 Å². The molecule has 1 fully saturated rings. The molecule has 2 rings (SSSR count). The van der Waals surface area contributed by atoms with Crippen LogP contribution in [0.2, 0.25) is 0 Å². The first kappa shape index (κ1) is 9.90. The summed E-state index contributed by atoms with van der Waals surface area (Å²) in [6.45, 7) is 1.45. The summed E-state index contributed by atoms with van der Waals surface area (Å²) in [4.78, 5) is 22.6. The van der Waals surface area contributed by atoms with Crippen LogP contribution in [0, 0.1) is 0 Å². The molecule has 1 aromatic carbocycles. The predicted molar refractivity (Wildman–Crippen MR) is 54.4 cm³/mol. The van der Waals surface area contributed by atoms with Crippen LogP contribution in [0.5, 0.6) is 0 Å². The maximum atomic E-state index is 11.5. The molecule has 0 amide bonds. The first-order chi connectivity index (χ1) is 7.18. The molecule has 1 aromatic rings. The summed E-state index contributed by atoms with van der Waals surface area (Å²) in [5, 5.41) is 0. The van der Waals surface area contributed by atoms with Gasteiger partial charge in [-0.05, 0) is 12.5 Å². The van der Waals surface area contributed by atoms with Crippen LogP contribution in [-0.2, 0) is 14.3 Å². The highest BCUT2D eigenvalue weighted by Crippen LogP contribution is 2.30. The molecule has 0 spiro atoms. The van der Waals surface area contributed by atoms with E-state index in [1.54, 1.807) is 0 Å². The molecule has 1 saturated heterocycles. The number of esters is 1. The molecular formula is C12H12O3. The van der Waals surface area contributed by atoms with Crippen LogP contribution in [0.25, 0.3) is 0 Å². The molecule has 3 nitrogen and oxygen atoms in total. The van der Waals surface area contributed by atoms with Gasteiger partial charge in [-0.3, -0.25) is 9.59 Å². The highest BCUT2D eigenvalue weighted by molar-refractivity contribution is 5.89. The third-order valence-electron chi connectivity index (χ3n) is 2.65. The maximum absolute atomic E-state index is 11.5. The number of benzene rings is 1. The van der Waals surface area contributed by atoms with Crippen molar-refractivity contribution in [3.63, 3.8) is 0 Å². The Kier molecular flexibility index (Phi) is 2.54. The summed E-state index contributed by atoms with van der Waals surface area (Å²) in [7, 11) is 0. The van der Waals surface area contributed by atoms with Crippen molar-refractivity contribution >= 4 is 11.8 Å². The quantitative estimate of drug-likeness (QED) is 0.688. The van der Waals surface area contributed by atoms with Crippen LogP contribution in [0.15, 0.2) is 30.3 Å². The number of hydrogen-bond acceptors (Lipinski definition) is 3. The molecule has 0 N–H and O–H groups in total. The summed E-state index contributed by atoms with van der Waals surface area (Å²) >= 11 is 0. The number of carbonyl (C=O) groups is 2. The van der Waals surface area contributed by atoms with Crippen molar-refractivity contribution in [1.29, 1.82) is 0 Å². The Labute approximate surface area is 88.1 Å². The van der Waals surface area contributed by atoms with Gasteiger partial charge in [-0.15, -0.1) is 0 Å². The molecule has 15 heavy (non-hydrogen) atoms. The summed E-state index contributed by atoms with van der Waals surface area (Å²) in [6, 6.07) is 9.42. The number of carbonyl (C=O) groups excluding carboxylic acids is 2. The largest absolute Gasteiger partial charge is 0.454 e.